The van der Waals surface area contributed by atoms with Crippen molar-refractivity contribution in [3.63, 3.8) is 0 Å². The van der Waals surface area contributed by atoms with Gasteiger partial charge >= 0.3 is 11.9 Å². The van der Waals surface area contributed by atoms with Gasteiger partial charge in [-0.1, -0.05) is 0 Å². The number of aliphatic hydroxyl groups is 3. The van der Waals surface area contributed by atoms with Crippen molar-refractivity contribution in [2.45, 2.75) is 30.2 Å². The average molecular weight is 312 g/mol. The summed E-state index contributed by atoms with van der Waals surface area (Å²) >= 11 is 0. The minimum Gasteiger partial charge on any atom is -0.394 e. The third-order valence-electron chi connectivity index (χ3n) is 2.35. The van der Waals surface area contributed by atoms with Crippen LogP contribution in [-0.2, 0) is 24.0 Å². The SMILES string of the molecule is CS(=O)(=O)O[C@]1(F)O[C@H](CO)[C@@H](O)[C@H](O)[C@]1(F)OF. The van der Waals surface area contributed by atoms with E-state index in [9.17, 15) is 31.9 Å². The lowest BCUT2D eigenvalue weighted by Crippen LogP contribution is -2.70. The van der Waals surface area contributed by atoms with Crippen LogP contribution >= 0.6 is 0 Å². The van der Waals surface area contributed by atoms with Gasteiger partial charge in [-0.2, -0.15) is 21.4 Å². The van der Waals surface area contributed by atoms with E-state index in [0.29, 0.717) is 6.26 Å². The monoisotopic (exact) mass is 312 g/mol. The van der Waals surface area contributed by atoms with Crippen LogP contribution in [0.5, 0.6) is 0 Å². The molecule has 0 saturated carbocycles. The van der Waals surface area contributed by atoms with Gasteiger partial charge in [0.25, 0.3) is 10.1 Å². The van der Waals surface area contributed by atoms with Crippen LogP contribution in [0.1, 0.15) is 0 Å². The van der Waals surface area contributed by atoms with Crippen LogP contribution in [0, 0.1) is 0 Å². The highest BCUT2D eigenvalue weighted by molar-refractivity contribution is 7.86. The summed E-state index contributed by atoms with van der Waals surface area (Å²) in [5.74, 6) is -4.47. The van der Waals surface area contributed by atoms with Gasteiger partial charge in [-0.25, -0.2) is 0 Å². The molecule has 1 saturated heterocycles. The molecule has 1 heterocycles. The fraction of sp³-hybridized carbons (Fsp3) is 1.00. The van der Waals surface area contributed by atoms with Gasteiger partial charge < -0.3 is 20.1 Å². The lowest BCUT2D eigenvalue weighted by atomic mass is 9.96. The Balaban J connectivity index is 3.24. The van der Waals surface area contributed by atoms with Crippen molar-refractivity contribution < 1.29 is 50.9 Å². The van der Waals surface area contributed by atoms with Crippen LogP contribution < -0.4 is 0 Å². The zero-order chi connectivity index (χ0) is 15.1. The molecule has 0 spiro atoms. The predicted molar refractivity (Wildman–Crippen MR) is 49.8 cm³/mol. The van der Waals surface area contributed by atoms with Gasteiger partial charge in [0.2, 0.25) is 0 Å². The van der Waals surface area contributed by atoms with Gasteiger partial charge in [0.05, 0.1) is 12.9 Å². The van der Waals surface area contributed by atoms with Crippen LogP contribution in [0.15, 0.2) is 0 Å². The molecule has 0 aliphatic carbocycles. The molecule has 3 N–H and O–H groups in total. The van der Waals surface area contributed by atoms with Crippen LogP contribution in [0.3, 0.4) is 0 Å². The summed E-state index contributed by atoms with van der Waals surface area (Å²) in [6, 6.07) is -4.43. The number of alkyl halides is 2. The van der Waals surface area contributed by atoms with Gasteiger partial charge in [-0.3, -0.25) is 0 Å². The number of hydrogen-bond donors (Lipinski definition) is 3. The van der Waals surface area contributed by atoms with E-state index in [2.05, 4.69) is 13.9 Å². The van der Waals surface area contributed by atoms with Gasteiger partial charge in [0.1, 0.15) is 12.2 Å². The number of rotatable bonds is 4. The van der Waals surface area contributed by atoms with Crippen molar-refractivity contribution in [2.75, 3.05) is 12.9 Å². The second-order valence-electron chi connectivity index (χ2n) is 3.82. The first-order valence-corrected chi connectivity index (χ1v) is 6.55. The fourth-order valence-electron chi connectivity index (χ4n) is 1.45. The Kier molecular flexibility index (Phi) is 4.46. The average Bonchev–Trinajstić information content (AvgIpc) is 2.29. The molecule has 0 amide bonds. The van der Waals surface area contributed by atoms with Crippen LogP contribution in [0.2, 0.25) is 0 Å². The van der Waals surface area contributed by atoms with Crippen molar-refractivity contribution in [1.29, 1.82) is 0 Å². The number of ether oxygens (including phenoxy) is 1. The zero-order valence-corrected chi connectivity index (χ0v) is 10.2. The molecular weight excluding hydrogens is 301 g/mol. The Morgan fingerprint density at radius 1 is 1.37 bits per heavy atom. The topological polar surface area (TPSA) is 123 Å². The fourth-order valence-corrected chi connectivity index (χ4v) is 1.99. The lowest BCUT2D eigenvalue weighted by Gasteiger charge is -2.45. The van der Waals surface area contributed by atoms with Crippen LogP contribution in [-0.4, -0.2) is 66.8 Å². The van der Waals surface area contributed by atoms with Crippen molar-refractivity contribution >= 4 is 10.1 Å². The highest BCUT2D eigenvalue weighted by atomic mass is 32.2. The standard InChI is InChI=1S/C7H11F3O8S/c1-19(14,15)18-7(9)6(8,17-10)5(13)4(12)3(2-11)16-7/h3-5,11-13H,2H2,1H3/t3-,4-,5+,6+,7-/m1/s1. The van der Waals surface area contributed by atoms with Gasteiger partial charge in [0, 0.05) is 0 Å². The smallest absolute Gasteiger partial charge is 0.394 e. The highest BCUT2D eigenvalue weighted by Gasteiger charge is 2.72. The molecular formula is C7H11F3O8S. The Hall–Kier alpha value is -0.500. The molecule has 0 aromatic rings. The van der Waals surface area contributed by atoms with Gasteiger partial charge in [0.15, 0.2) is 6.10 Å². The van der Waals surface area contributed by atoms with Crippen LogP contribution in [0.4, 0.5) is 13.3 Å². The molecule has 8 nitrogen and oxygen atoms in total. The highest BCUT2D eigenvalue weighted by Crippen LogP contribution is 2.45. The molecule has 114 valence electrons. The maximum absolute atomic E-state index is 14.0. The van der Waals surface area contributed by atoms with E-state index in [1.54, 1.807) is 0 Å². The first-order valence-electron chi connectivity index (χ1n) is 4.73. The predicted octanol–water partition coefficient (Wildman–Crippen LogP) is -1.73. The summed E-state index contributed by atoms with van der Waals surface area (Å²) in [7, 11) is -4.70. The number of aliphatic hydroxyl groups excluding tert-OH is 3. The van der Waals surface area contributed by atoms with E-state index in [1.807, 2.05) is 0 Å². The van der Waals surface area contributed by atoms with Crippen molar-refractivity contribution in [3.05, 3.63) is 0 Å². The van der Waals surface area contributed by atoms with Crippen LogP contribution in [0.25, 0.3) is 0 Å². The van der Waals surface area contributed by atoms with Gasteiger partial charge in [-0.05, 0) is 4.53 Å². The molecule has 19 heavy (non-hydrogen) atoms. The number of halogens is 3. The zero-order valence-electron chi connectivity index (χ0n) is 9.36. The van der Waals surface area contributed by atoms with Crippen molar-refractivity contribution in [1.82, 2.24) is 0 Å². The second-order valence-corrected chi connectivity index (χ2v) is 5.40. The molecule has 12 heteroatoms. The third kappa shape index (κ3) is 2.84. The number of hydrogen-bond acceptors (Lipinski definition) is 8. The van der Waals surface area contributed by atoms with E-state index in [0.717, 1.165) is 0 Å². The first-order chi connectivity index (χ1) is 8.50. The summed E-state index contributed by atoms with van der Waals surface area (Å²) in [6.07, 6.45) is -6.89. The molecule has 1 aliphatic heterocycles. The third-order valence-corrected chi connectivity index (χ3v) is 2.86. The van der Waals surface area contributed by atoms with E-state index < -0.39 is 46.9 Å². The Morgan fingerprint density at radius 3 is 2.26 bits per heavy atom. The molecule has 0 aromatic heterocycles. The van der Waals surface area contributed by atoms with Gasteiger partial charge in [-0.15, -0.1) is 4.94 Å². The summed E-state index contributed by atoms with van der Waals surface area (Å²) < 4.78 is 69.3. The van der Waals surface area contributed by atoms with E-state index in [1.165, 1.54) is 0 Å². The Morgan fingerprint density at radius 2 is 1.89 bits per heavy atom. The molecule has 1 aliphatic rings. The maximum atomic E-state index is 14.0. The maximum Gasteiger partial charge on any atom is 0.401 e. The molecule has 0 aromatic carbocycles. The molecule has 0 unspecified atom stereocenters. The second kappa shape index (κ2) is 5.12. The van der Waals surface area contributed by atoms with Crippen molar-refractivity contribution in [3.8, 4) is 0 Å². The largest absolute Gasteiger partial charge is 0.401 e. The summed E-state index contributed by atoms with van der Waals surface area (Å²) in [4.78, 5) is 2.57. The molecule has 1 fully saturated rings. The molecule has 1 rings (SSSR count). The molecule has 0 bridgehead atoms. The Bertz CT molecular complexity index is 432. The lowest BCUT2D eigenvalue weighted by molar-refractivity contribution is -0.503. The van der Waals surface area contributed by atoms with E-state index in [-0.39, 0.29) is 0 Å². The van der Waals surface area contributed by atoms with Crippen molar-refractivity contribution in [2.24, 2.45) is 0 Å². The summed E-state index contributed by atoms with van der Waals surface area (Å²) in [5.41, 5.74) is 0. The minimum atomic E-state index is -4.70. The molecule has 5 atom stereocenters. The van der Waals surface area contributed by atoms with E-state index in [4.69, 9.17) is 5.11 Å². The Labute approximate surface area is 105 Å². The summed E-state index contributed by atoms with van der Waals surface area (Å²) in [6.45, 7) is -1.14. The summed E-state index contributed by atoms with van der Waals surface area (Å²) in [5, 5.41) is 27.2. The minimum absolute atomic E-state index is 0.293. The normalized spacial score (nSPS) is 44.3. The molecule has 0 radical (unpaired) electrons. The first kappa shape index (κ1) is 16.6. The van der Waals surface area contributed by atoms with E-state index >= 15 is 0 Å². The quantitative estimate of drug-likeness (QED) is 0.523.